The van der Waals surface area contributed by atoms with Crippen molar-refractivity contribution < 1.29 is 4.74 Å². The monoisotopic (exact) mass is 317 g/mol. The molecule has 1 fully saturated rings. The highest BCUT2D eigenvalue weighted by molar-refractivity contribution is 9.10. The summed E-state index contributed by atoms with van der Waals surface area (Å²) in [5.41, 5.74) is 2.30. The number of aryl methyl sites for hydroxylation is 1. The quantitative estimate of drug-likeness (QED) is 0.873. The first kappa shape index (κ1) is 12.2. The smallest absolute Gasteiger partial charge is 0.138 e. The van der Waals surface area contributed by atoms with Gasteiger partial charge in [0.15, 0.2) is 0 Å². The lowest BCUT2D eigenvalue weighted by atomic mass is 10.0. The van der Waals surface area contributed by atoms with Crippen molar-refractivity contribution in [2.24, 2.45) is 7.05 Å². The van der Waals surface area contributed by atoms with Crippen molar-refractivity contribution in [2.75, 3.05) is 0 Å². The zero-order valence-corrected chi connectivity index (χ0v) is 12.0. The van der Waals surface area contributed by atoms with Gasteiger partial charge in [-0.1, -0.05) is 12.1 Å². The number of nitrogens with zero attached hydrogens (tertiary/aromatic N) is 3. The van der Waals surface area contributed by atoms with Gasteiger partial charge in [0.1, 0.15) is 17.4 Å². The molecule has 3 rings (SSSR count). The molecule has 96 valence electrons. The predicted octanol–water partition coefficient (Wildman–Crippen LogP) is 3.26. The average Bonchev–Trinajstić information content (AvgIpc) is 3.15. The Kier molecular flexibility index (Phi) is 3.03. The Bertz CT molecular complexity index is 648. The third kappa shape index (κ3) is 2.24. The summed E-state index contributed by atoms with van der Waals surface area (Å²) in [6.07, 6.45) is 4.15. The average molecular weight is 318 g/mol. The van der Waals surface area contributed by atoms with Crippen LogP contribution in [0.25, 0.3) is 11.3 Å². The van der Waals surface area contributed by atoms with E-state index < -0.39 is 0 Å². The highest BCUT2D eigenvalue weighted by atomic mass is 79.9. The minimum Gasteiger partial charge on any atom is -0.489 e. The van der Waals surface area contributed by atoms with Gasteiger partial charge in [-0.25, -0.2) is 0 Å². The van der Waals surface area contributed by atoms with Crippen molar-refractivity contribution in [1.82, 2.24) is 9.78 Å². The molecule has 1 aliphatic rings. The molecule has 0 spiro atoms. The third-order valence-corrected chi connectivity index (χ3v) is 3.69. The van der Waals surface area contributed by atoms with Crippen molar-refractivity contribution in [2.45, 2.75) is 18.9 Å². The second kappa shape index (κ2) is 4.71. The number of aromatic nitrogens is 2. The maximum absolute atomic E-state index is 9.44. The number of hydrogen-bond acceptors (Lipinski definition) is 3. The van der Waals surface area contributed by atoms with Crippen LogP contribution in [0.1, 0.15) is 18.4 Å². The molecule has 5 heteroatoms. The number of ether oxygens (including phenoxy) is 1. The molecule has 0 amide bonds. The van der Waals surface area contributed by atoms with E-state index in [0.29, 0.717) is 11.3 Å². The van der Waals surface area contributed by atoms with Crippen LogP contribution in [0.15, 0.2) is 28.9 Å². The van der Waals surface area contributed by atoms with Crippen LogP contribution < -0.4 is 4.74 Å². The molecule has 1 aromatic heterocycles. The molecule has 0 atom stereocenters. The maximum Gasteiger partial charge on any atom is 0.138 e. The summed E-state index contributed by atoms with van der Waals surface area (Å²) < 4.78 is 8.42. The Morgan fingerprint density at radius 2 is 2.26 bits per heavy atom. The molecule has 0 bridgehead atoms. The van der Waals surface area contributed by atoms with Gasteiger partial charge in [-0.3, -0.25) is 4.68 Å². The van der Waals surface area contributed by atoms with Crippen molar-refractivity contribution in [3.8, 4) is 23.1 Å². The third-order valence-electron chi connectivity index (χ3n) is 3.11. The predicted molar refractivity (Wildman–Crippen MR) is 74.7 cm³/mol. The summed E-state index contributed by atoms with van der Waals surface area (Å²) in [5, 5.41) is 13.6. The highest BCUT2D eigenvalue weighted by Gasteiger charge is 2.26. The van der Waals surface area contributed by atoms with Crippen LogP contribution in [-0.2, 0) is 7.05 Å². The van der Waals surface area contributed by atoms with E-state index in [-0.39, 0.29) is 6.10 Å². The van der Waals surface area contributed by atoms with Gasteiger partial charge in [0.05, 0.1) is 22.5 Å². The molecule has 0 unspecified atom stereocenters. The molecular weight excluding hydrogens is 306 g/mol. The van der Waals surface area contributed by atoms with E-state index in [4.69, 9.17) is 4.74 Å². The van der Waals surface area contributed by atoms with Gasteiger partial charge < -0.3 is 4.74 Å². The summed E-state index contributed by atoms with van der Waals surface area (Å²) in [4.78, 5) is 0. The van der Waals surface area contributed by atoms with Crippen LogP contribution in [0.2, 0.25) is 0 Å². The Hall–Kier alpha value is -1.80. The number of benzene rings is 1. The van der Waals surface area contributed by atoms with Crippen molar-refractivity contribution in [1.29, 1.82) is 5.26 Å². The van der Waals surface area contributed by atoms with Crippen molar-refractivity contribution in [3.63, 3.8) is 0 Å². The van der Waals surface area contributed by atoms with Crippen LogP contribution in [0.5, 0.6) is 5.75 Å². The molecule has 0 saturated heterocycles. The SMILES string of the molecule is Cn1ncc(Br)c1-c1cccc(OC2CC2)c1C#N. The minimum atomic E-state index is 0.275. The lowest BCUT2D eigenvalue weighted by Gasteiger charge is -2.11. The fourth-order valence-electron chi connectivity index (χ4n) is 2.02. The Morgan fingerprint density at radius 1 is 1.47 bits per heavy atom. The van der Waals surface area contributed by atoms with Crippen LogP contribution >= 0.6 is 15.9 Å². The molecule has 0 aliphatic heterocycles. The minimum absolute atomic E-state index is 0.275. The van der Waals surface area contributed by atoms with Crippen molar-refractivity contribution >= 4 is 15.9 Å². The highest BCUT2D eigenvalue weighted by Crippen LogP contribution is 2.36. The van der Waals surface area contributed by atoms with Crippen LogP contribution in [0.4, 0.5) is 0 Å². The van der Waals surface area contributed by atoms with Gasteiger partial charge >= 0.3 is 0 Å². The van der Waals surface area contributed by atoms with Gasteiger partial charge in [-0.2, -0.15) is 10.4 Å². The van der Waals surface area contributed by atoms with E-state index in [1.165, 1.54) is 0 Å². The number of halogens is 1. The zero-order valence-electron chi connectivity index (χ0n) is 10.4. The normalized spacial score (nSPS) is 14.2. The molecule has 1 aliphatic carbocycles. The Labute approximate surface area is 119 Å². The molecule has 0 radical (unpaired) electrons. The summed E-state index contributed by atoms with van der Waals surface area (Å²) >= 11 is 3.47. The van der Waals surface area contributed by atoms with Gasteiger partial charge in [0.25, 0.3) is 0 Å². The molecule has 2 aromatic rings. The van der Waals surface area contributed by atoms with E-state index in [9.17, 15) is 5.26 Å². The number of hydrogen-bond donors (Lipinski definition) is 0. The largest absolute Gasteiger partial charge is 0.489 e. The topological polar surface area (TPSA) is 50.8 Å². The lowest BCUT2D eigenvalue weighted by molar-refractivity contribution is 0.302. The van der Waals surface area contributed by atoms with Crippen molar-refractivity contribution in [3.05, 3.63) is 34.4 Å². The zero-order chi connectivity index (χ0) is 13.4. The van der Waals surface area contributed by atoms with Crippen LogP contribution in [0.3, 0.4) is 0 Å². The first-order valence-corrected chi connectivity index (χ1v) is 6.87. The standard InChI is InChI=1S/C14H12BrN3O/c1-18-14(12(15)8-17-18)10-3-2-4-13(11(10)7-16)19-9-5-6-9/h2-4,8-9H,5-6H2,1H3. The van der Waals surface area contributed by atoms with Gasteiger partial charge in [0.2, 0.25) is 0 Å². The molecule has 1 saturated carbocycles. The lowest BCUT2D eigenvalue weighted by Crippen LogP contribution is -2.01. The first-order chi connectivity index (χ1) is 9.20. The fraction of sp³-hybridized carbons (Fsp3) is 0.286. The molecule has 0 N–H and O–H groups in total. The summed E-state index contributed by atoms with van der Waals surface area (Å²) in [6, 6.07) is 7.93. The van der Waals surface area contributed by atoms with E-state index in [0.717, 1.165) is 28.6 Å². The van der Waals surface area contributed by atoms with Crippen LogP contribution in [0, 0.1) is 11.3 Å². The Balaban J connectivity index is 2.13. The summed E-state index contributed by atoms with van der Waals surface area (Å²) in [7, 11) is 1.86. The maximum atomic E-state index is 9.44. The first-order valence-electron chi connectivity index (χ1n) is 6.08. The van der Waals surface area contributed by atoms with Gasteiger partial charge in [-0.15, -0.1) is 0 Å². The summed E-state index contributed by atoms with van der Waals surface area (Å²) in [5.74, 6) is 0.663. The second-order valence-electron chi connectivity index (χ2n) is 4.57. The Morgan fingerprint density at radius 3 is 2.84 bits per heavy atom. The molecule has 4 nitrogen and oxygen atoms in total. The summed E-state index contributed by atoms with van der Waals surface area (Å²) in [6.45, 7) is 0. The molecule has 19 heavy (non-hydrogen) atoms. The molecule has 1 aromatic carbocycles. The van der Waals surface area contributed by atoms with Gasteiger partial charge in [-0.05, 0) is 34.8 Å². The number of nitriles is 1. The fourth-order valence-corrected chi connectivity index (χ4v) is 2.58. The number of rotatable bonds is 3. The molecule has 1 heterocycles. The molecular formula is C14H12BrN3O. The van der Waals surface area contributed by atoms with Gasteiger partial charge in [0, 0.05) is 12.6 Å². The van der Waals surface area contributed by atoms with E-state index >= 15 is 0 Å². The van der Waals surface area contributed by atoms with E-state index in [1.807, 2.05) is 25.2 Å². The second-order valence-corrected chi connectivity index (χ2v) is 5.43. The van der Waals surface area contributed by atoms with E-state index in [2.05, 4.69) is 27.1 Å². The van der Waals surface area contributed by atoms with E-state index in [1.54, 1.807) is 10.9 Å². The van der Waals surface area contributed by atoms with Crippen LogP contribution in [-0.4, -0.2) is 15.9 Å².